The van der Waals surface area contributed by atoms with Crippen molar-refractivity contribution in [1.82, 2.24) is 10.6 Å². The first-order valence-corrected chi connectivity index (χ1v) is 22.4. The molecule has 2 unspecified atom stereocenters. The normalized spacial score (nSPS) is 20.6. The van der Waals surface area contributed by atoms with E-state index in [0.717, 1.165) is 102 Å². The van der Waals surface area contributed by atoms with Crippen molar-refractivity contribution in [3.05, 3.63) is 118 Å². The van der Waals surface area contributed by atoms with E-state index in [4.69, 9.17) is 19.7 Å². The lowest BCUT2D eigenvalue weighted by Crippen LogP contribution is -2.46. The molecule has 12 nitrogen and oxygen atoms in total. The van der Waals surface area contributed by atoms with E-state index in [1.54, 1.807) is 0 Å². The number of carboxylic acids is 2. The second kappa shape index (κ2) is 20.0. The summed E-state index contributed by atoms with van der Waals surface area (Å²) in [7, 11) is 0. The second-order valence-electron chi connectivity index (χ2n) is 17.4. The second-order valence-corrected chi connectivity index (χ2v) is 17.4. The van der Waals surface area contributed by atoms with Crippen LogP contribution in [0.15, 0.2) is 84.9 Å². The molecule has 2 saturated heterocycles. The molecule has 0 bridgehead atoms. The minimum atomic E-state index is -1.26. The van der Waals surface area contributed by atoms with Gasteiger partial charge in [-0.15, -0.1) is 0 Å². The fraction of sp³-hybridized carbons (Fsp3) is 0.440. The number of fused-ring (bicyclic) bond motifs is 4. The zero-order valence-electron chi connectivity index (χ0n) is 35.4. The molecule has 4 aliphatic heterocycles. The summed E-state index contributed by atoms with van der Waals surface area (Å²) < 4.78 is 12.0. The van der Waals surface area contributed by atoms with Crippen LogP contribution in [0.4, 0.5) is 11.4 Å². The molecule has 0 spiro atoms. The number of phenolic OH excluding ortho intramolecular Hbond substituents is 2. The van der Waals surface area contributed by atoms with Gasteiger partial charge in [0.1, 0.15) is 23.0 Å². The van der Waals surface area contributed by atoms with E-state index in [1.807, 2.05) is 24.3 Å². The van der Waals surface area contributed by atoms with Gasteiger partial charge in [0.05, 0.1) is 24.6 Å². The number of hydrogen-bond acceptors (Lipinski definition) is 10. The predicted octanol–water partition coefficient (Wildman–Crippen LogP) is 6.60. The Bertz CT molecular complexity index is 2070. The number of hydrogen-bond donors (Lipinski definition) is 6. The van der Waals surface area contributed by atoms with Crippen LogP contribution >= 0.6 is 0 Å². The standard InChI is InChI=1S/2C23H28N2O2.C4H4O4/c2*26-21-7-6-17-13-20(14-18(17)15-21)24-19-8-10-25(11-9-19)22-5-1-3-16-4-2-12-27-23(16)22;5-3(6)1-2-4(7)8/h2*1,3,5-7,15,19-20,24,26H,2,4,8-14H2;1-2H,(H,5,6)(H,7,8)/b;;2-1+. The summed E-state index contributed by atoms with van der Waals surface area (Å²) in [4.78, 5) is 24.1. The van der Waals surface area contributed by atoms with Crippen LogP contribution < -0.4 is 29.9 Å². The highest BCUT2D eigenvalue weighted by atomic mass is 16.5. The fourth-order valence-electron chi connectivity index (χ4n) is 10.1. The van der Waals surface area contributed by atoms with Crippen molar-refractivity contribution in [3.8, 4) is 23.0 Å². The SMILES string of the molecule is O=C(O)/C=C/C(=O)O.Oc1ccc2c(c1)CC(NC1CCN(c3cccc4c3OCCC4)CC1)C2.Oc1ccc2c(c1)CC(NC1CCN(c3cccc4c3OCCC4)CC1)C2. The molecule has 4 heterocycles. The van der Waals surface area contributed by atoms with Crippen LogP contribution in [-0.4, -0.2) is 95.9 Å². The number of nitrogens with one attached hydrogen (secondary N) is 2. The Kier molecular flexibility index (Phi) is 13.8. The molecule has 2 aliphatic carbocycles. The Balaban J connectivity index is 0.000000146. The third-order valence-electron chi connectivity index (χ3n) is 13.1. The van der Waals surface area contributed by atoms with Crippen LogP contribution in [0.3, 0.4) is 0 Å². The average molecular weight is 845 g/mol. The molecule has 12 heteroatoms. The van der Waals surface area contributed by atoms with E-state index in [-0.39, 0.29) is 0 Å². The summed E-state index contributed by atoms with van der Waals surface area (Å²) in [5.41, 5.74) is 10.7. The van der Waals surface area contributed by atoms with Crippen molar-refractivity contribution in [3.63, 3.8) is 0 Å². The highest BCUT2D eigenvalue weighted by Crippen LogP contribution is 2.38. The van der Waals surface area contributed by atoms with E-state index < -0.39 is 11.9 Å². The van der Waals surface area contributed by atoms with Crippen molar-refractivity contribution in [1.29, 1.82) is 0 Å². The zero-order chi connectivity index (χ0) is 43.0. The van der Waals surface area contributed by atoms with Crippen LogP contribution in [0.1, 0.15) is 71.9 Å². The number of aromatic hydroxyl groups is 2. The van der Waals surface area contributed by atoms with Gasteiger partial charge in [-0.1, -0.05) is 36.4 Å². The fourth-order valence-corrected chi connectivity index (χ4v) is 10.1. The van der Waals surface area contributed by atoms with Crippen LogP contribution in [0.5, 0.6) is 23.0 Å². The largest absolute Gasteiger partial charge is 0.508 e. The zero-order valence-corrected chi connectivity index (χ0v) is 35.4. The molecule has 0 radical (unpaired) electrons. The number of rotatable bonds is 8. The van der Waals surface area contributed by atoms with E-state index in [1.165, 1.54) is 70.4 Å². The molecule has 328 valence electrons. The number of ether oxygens (including phenoxy) is 2. The number of carboxylic acid groups (broad SMARTS) is 2. The third kappa shape index (κ3) is 10.8. The number of piperidine rings is 2. The molecular formula is C50H60N4O8. The number of benzene rings is 4. The maximum atomic E-state index is 9.69. The lowest BCUT2D eigenvalue weighted by Gasteiger charge is -2.36. The smallest absolute Gasteiger partial charge is 0.328 e. The Morgan fingerprint density at radius 1 is 0.532 bits per heavy atom. The van der Waals surface area contributed by atoms with Gasteiger partial charge < -0.3 is 50.3 Å². The van der Waals surface area contributed by atoms with Crippen LogP contribution in [-0.2, 0) is 48.1 Å². The highest BCUT2D eigenvalue weighted by Gasteiger charge is 2.30. The number of aliphatic carboxylic acids is 2. The van der Waals surface area contributed by atoms with E-state index in [9.17, 15) is 19.8 Å². The van der Waals surface area contributed by atoms with Gasteiger partial charge in [0.2, 0.25) is 0 Å². The predicted molar refractivity (Wildman–Crippen MR) is 240 cm³/mol. The molecule has 2 fully saturated rings. The lowest BCUT2D eigenvalue weighted by molar-refractivity contribution is -0.134. The minimum absolute atomic E-state index is 0.385. The van der Waals surface area contributed by atoms with Gasteiger partial charge >= 0.3 is 11.9 Å². The molecule has 6 aliphatic rings. The van der Waals surface area contributed by atoms with Crippen molar-refractivity contribution in [2.75, 3.05) is 49.2 Å². The van der Waals surface area contributed by atoms with Crippen LogP contribution in [0, 0.1) is 0 Å². The van der Waals surface area contributed by atoms with Gasteiger partial charge in [0.25, 0.3) is 0 Å². The van der Waals surface area contributed by atoms with E-state index >= 15 is 0 Å². The van der Waals surface area contributed by atoms with Gasteiger partial charge in [-0.2, -0.15) is 0 Å². The Morgan fingerprint density at radius 2 is 0.935 bits per heavy atom. The topological polar surface area (TPSA) is 164 Å². The Labute approximate surface area is 364 Å². The first kappa shape index (κ1) is 42.9. The molecule has 10 rings (SSSR count). The summed E-state index contributed by atoms with van der Waals surface area (Å²) >= 11 is 0. The maximum Gasteiger partial charge on any atom is 0.328 e. The van der Waals surface area contributed by atoms with Crippen molar-refractivity contribution in [2.45, 2.75) is 101 Å². The summed E-state index contributed by atoms with van der Waals surface area (Å²) in [5.74, 6) is 0.509. The lowest BCUT2D eigenvalue weighted by atomic mass is 10.00. The number of carbonyl (C=O) groups is 2. The van der Waals surface area contributed by atoms with Crippen molar-refractivity contribution >= 4 is 23.3 Å². The molecule has 0 saturated carbocycles. The monoisotopic (exact) mass is 844 g/mol. The molecule has 0 amide bonds. The first-order valence-electron chi connectivity index (χ1n) is 22.4. The molecule has 6 N–H and O–H groups in total. The molecule has 0 aromatic heterocycles. The van der Waals surface area contributed by atoms with Gasteiger partial charge in [0.15, 0.2) is 0 Å². The third-order valence-corrected chi connectivity index (χ3v) is 13.1. The van der Waals surface area contributed by atoms with Crippen LogP contribution in [0.25, 0.3) is 0 Å². The number of anilines is 2. The molecule has 4 aromatic carbocycles. The molecule has 4 aromatic rings. The number of aryl methyl sites for hydroxylation is 2. The summed E-state index contributed by atoms with van der Waals surface area (Å²) in [6.07, 6.45) is 14.5. The Hall–Kier alpha value is -5.72. The summed E-state index contributed by atoms with van der Waals surface area (Å²) in [6, 6.07) is 27.0. The quantitative estimate of drug-likeness (QED) is 0.106. The minimum Gasteiger partial charge on any atom is -0.508 e. The highest BCUT2D eigenvalue weighted by molar-refractivity contribution is 5.89. The maximum absolute atomic E-state index is 9.69. The van der Waals surface area contributed by atoms with E-state index in [2.05, 4.69) is 69.0 Å². The van der Waals surface area contributed by atoms with Crippen molar-refractivity contribution in [2.24, 2.45) is 0 Å². The number of para-hydroxylation sites is 2. The van der Waals surface area contributed by atoms with Gasteiger partial charge in [-0.05, 0) is 147 Å². The first-order chi connectivity index (χ1) is 30.1. The summed E-state index contributed by atoms with van der Waals surface area (Å²) in [5, 5.41) is 42.8. The number of nitrogens with zero attached hydrogens (tertiary/aromatic N) is 2. The van der Waals surface area contributed by atoms with Gasteiger partial charge in [-0.3, -0.25) is 0 Å². The summed E-state index contributed by atoms with van der Waals surface area (Å²) in [6.45, 7) is 6.02. The van der Waals surface area contributed by atoms with Crippen LogP contribution in [0.2, 0.25) is 0 Å². The molecular weight excluding hydrogens is 785 g/mol. The average Bonchev–Trinajstić information content (AvgIpc) is 3.88. The van der Waals surface area contributed by atoms with Gasteiger partial charge in [-0.25, -0.2) is 9.59 Å². The molecule has 2 atom stereocenters. The van der Waals surface area contributed by atoms with Gasteiger partial charge in [0, 0.05) is 62.5 Å². The Morgan fingerprint density at radius 3 is 1.34 bits per heavy atom. The molecule has 62 heavy (non-hydrogen) atoms. The van der Waals surface area contributed by atoms with E-state index in [0.29, 0.717) is 47.8 Å². The number of phenols is 2. The van der Waals surface area contributed by atoms with Crippen molar-refractivity contribution < 1.29 is 39.5 Å².